The molecule has 0 N–H and O–H groups in total. The Morgan fingerprint density at radius 2 is 2.24 bits per heavy atom. The summed E-state index contributed by atoms with van der Waals surface area (Å²) < 4.78 is 0. The van der Waals surface area contributed by atoms with E-state index in [4.69, 9.17) is 0 Å². The molecule has 2 heteroatoms. The van der Waals surface area contributed by atoms with Gasteiger partial charge in [0.05, 0.1) is 0 Å². The van der Waals surface area contributed by atoms with E-state index in [0.717, 1.165) is 19.0 Å². The first kappa shape index (κ1) is 12.7. The summed E-state index contributed by atoms with van der Waals surface area (Å²) in [6.07, 6.45) is 9.68. The molecule has 0 amide bonds. The fourth-order valence-electron chi connectivity index (χ4n) is 3.60. The number of piperazine rings is 1. The molecular formula is C15H26N2. The van der Waals surface area contributed by atoms with Crippen LogP contribution in [0.3, 0.4) is 0 Å². The third-order valence-electron chi connectivity index (χ3n) is 4.66. The van der Waals surface area contributed by atoms with Gasteiger partial charge in [-0.25, -0.2) is 0 Å². The molecule has 0 aromatic carbocycles. The molecule has 0 radical (unpaired) electrons. The van der Waals surface area contributed by atoms with Crippen molar-refractivity contribution in [3.63, 3.8) is 0 Å². The Kier molecular flexibility index (Phi) is 3.62. The molecule has 1 saturated carbocycles. The van der Waals surface area contributed by atoms with Gasteiger partial charge < -0.3 is 4.90 Å². The van der Waals surface area contributed by atoms with E-state index in [-0.39, 0.29) is 0 Å². The Bertz CT molecular complexity index is 321. The van der Waals surface area contributed by atoms with Crippen molar-refractivity contribution in [3.05, 3.63) is 24.6 Å². The van der Waals surface area contributed by atoms with Gasteiger partial charge in [0.2, 0.25) is 0 Å². The van der Waals surface area contributed by atoms with Crippen molar-refractivity contribution in [2.24, 2.45) is 5.92 Å². The lowest BCUT2D eigenvalue weighted by atomic mass is 9.74. The maximum atomic E-state index is 3.97. The first-order valence-electron chi connectivity index (χ1n) is 6.87. The summed E-state index contributed by atoms with van der Waals surface area (Å²) in [5, 5.41) is 0. The van der Waals surface area contributed by atoms with E-state index in [2.05, 4.69) is 43.3 Å². The summed E-state index contributed by atoms with van der Waals surface area (Å²) >= 11 is 0. The third kappa shape index (κ3) is 2.28. The molecule has 17 heavy (non-hydrogen) atoms. The largest absolute Gasteiger partial charge is 0.349 e. The smallest absolute Gasteiger partial charge is 0.0407 e. The highest BCUT2D eigenvalue weighted by Gasteiger charge is 2.42. The van der Waals surface area contributed by atoms with Crippen molar-refractivity contribution in [1.82, 2.24) is 9.80 Å². The van der Waals surface area contributed by atoms with Crippen molar-refractivity contribution >= 4 is 0 Å². The minimum atomic E-state index is 0.387. The Morgan fingerprint density at radius 3 is 2.82 bits per heavy atom. The second-order valence-electron chi connectivity index (χ2n) is 5.87. The summed E-state index contributed by atoms with van der Waals surface area (Å²) in [5.41, 5.74) is 1.78. The van der Waals surface area contributed by atoms with E-state index >= 15 is 0 Å². The molecule has 2 fully saturated rings. The fourth-order valence-corrected chi connectivity index (χ4v) is 3.60. The summed E-state index contributed by atoms with van der Waals surface area (Å²) in [6, 6.07) is 0. The zero-order chi connectivity index (χ0) is 12.5. The molecule has 96 valence electrons. The number of rotatable bonds is 1. The van der Waals surface area contributed by atoms with Gasteiger partial charge in [0.1, 0.15) is 0 Å². The molecule has 0 aromatic rings. The molecule has 1 heterocycles. The maximum Gasteiger partial charge on any atom is 0.0407 e. The van der Waals surface area contributed by atoms with Gasteiger partial charge >= 0.3 is 0 Å². The van der Waals surface area contributed by atoms with Crippen LogP contribution in [0.15, 0.2) is 24.6 Å². The molecule has 1 aliphatic carbocycles. The average molecular weight is 234 g/mol. The highest BCUT2D eigenvalue weighted by Crippen LogP contribution is 2.40. The standard InChI is InChI=1S/C15H26N2/c1-5-14-11-16(4)15(12-17(14)6-2)9-7-8-13(3)10-15/h5-6,13H,2,7-12H2,1,3-4H3/b14-5-. The third-order valence-corrected chi connectivity index (χ3v) is 4.66. The predicted molar refractivity (Wildman–Crippen MR) is 73.7 cm³/mol. The highest BCUT2D eigenvalue weighted by atomic mass is 15.3. The molecule has 2 rings (SSSR count). The van der Waals surface area contributed by atoms with E-state index in [1.165, 1.54) is 31.4 Å². The summed E-state index contributed by atoms with van der Waals surface area (Å²) in [6.45, 7) is 10.7. The van der Waals surface area contributed by atoms with Crippen LogP contribution < -0.4 is 0 Å². The number of likely N-dealkylation sites (N-methyl/N-ethyl adjacent to an activating group) is 1. The van der Waals surface area contributed by atoms with Gasteiger partial charge in [-0.2, -0.15) is 0 Å². The first-order chi connectivity index (χ1) is 8.11. The maximum absolute atomic E-state index is 3.97. The van der Waals surface area contributed by atoms with Crippen LogP contribution in [0.5, 0.6) is 0 Å². The summed E-state index contributed by atoms with van der Waals surface area (Å²) in [5.74, 6) is 0.866. The molecule has 0 aromatic heterocycles. The lowest BCUT2D eigenvalue weighted by Gasteiger charge is -2.53. The van der Waals surface area contributed by atoms with Gasteiger partial charge in [-0.1, -0.05) is 32.4 Å². The molecule has 2 nitrogen and oxygen atoms in total. The fraction of sp³-hybridized carbons (Fsp3) is 0.733. The van der Waals surface area contributed by atoms with Crippen LogP contribution in [0.4, 0.5) is 0 Å². The molecule has 1 aliphatic heterocycles. The Hall–Kier alpha value is -0.760. The second-order valence-corrected chi connectivity index (χ2v) is 5.87. The van der Waals surface area contributed by atoms with Gasteiger partial charge in [-0.15, -0.1) is 0 Å². The number of hydrogen-bond donors (Lipinski definition) is 0. The molecule has 2 atom stereocenters. The van der Waals surface area contributed by atoms with Crippen LogP contribution in [-0.2, 0) is 0 Å². The van der Waals surface area contributed by atoms with Gasteiger partial charge in [0.15, 0.2) is 0 Å². The molecule has 1 saturated heterocycles. The zero-order valence-corrected chi connectivity index (χ0v) is 11.6. The van der Waals surface area contributed by atoms with Crippen LogP contribution in [0.2, 0.25) is 0 Å². The Balaban J connectivity index is 2.20. The highest BCUT2D eigenvalue weighted by molar-refractivity contribution is 5.15. The van der Waals surface area contributed by atoms with Gasteiger partial charge in [0.25, 0.3) is 0 Å². The second kappa shape index (κ2) is 4.85. The minimum Gasteiger partial charge on any atom is -0.349 e. The quantitative estimate of drug-likeness (QED) is 0.687. The van der Waals surface area contributed by atoms with Crippen molar-refractivity contribution in [2.45, 2.75) is 45.1 Å². The Labute approximate surface area is 106 Å². The van der Waals surface area contributed by atoms with E-state index < -0.39 is 0 Å². The summed E-state index contributed by atoms with van der Waals surface area (Å²) in [4.78, 5) is 4.94. The normalized spacial score (nSPS) is 37.7. The lowest BCUT2D eigenvalue weighted by molar-refractivity contribution is 0.0137. The monoisotopic (exact) mass is 234 g/mol. The van der Waals surface area contributed by atoms with Crippen molar-refractivity contribution in [2.75, 3.05) is 20.1 Å². The number of allylic oxidation sites excluding steroid dienone is 1. The van der Waals surface area contributed by atoms with Gasteiger partial charge in [-0.3, -0.25) is 4.90 Å². The van der Waals surface area contributed by atoms with Crippen molar-refractivity contribution < 1.29 is 0 Å². The van der Waals surface area contributed by atoms with Crippen LogP contribution in [-0.4, -0.2) is 35.5 Å². The number of hydrogen-bond acceptors (Lipinski definition) is 2. The van der Waals surface area contributed by atoms with Crippen LogP contribution in [0, 0.1) is 5.92 Å². The molecule has 2 aliphatic rings. The number of nitrogens with zero attached hydrogens (tertiary/aromatic N) is 2. The van der Waals surface area contributed by atoms with Crippen LogP contribution in [0.25, 0.3) is 0 Å². The average Bonchev–Trinajstić information content (AvgIpc) is 2.32. The summed E-state index contributed by atoms with van der Waals surface area (Å²) in [7, 11) is 2.29. The van der Waals surface area contributed by atoms with E-state index in [0.29, 0.717) is 5.54 Å². The van der Waals surface area contributed by atoms with Crippen LogP contribution >= 0.6 is 0 Å². The van der Waals surface area contributed by atoms with Crippen molar-refractivity contribution in [3.8, 4) is 0 Å². The molecule has 0 bridgehead atoms. The zero-order valence-electron chi connectivity index (χ0n) is 11.6. The first-order valence-corrected chi connectivity index (χ1v) is 6.87. The molecule has 1 spiro atoms. The topological polar surface area (TPSA) is 6.48 Å². The van der Waals surface area contributed by atoms with E-state index in [1.54, 1.807) is 0 Å². The van der Waals surface area contributed by atoms with Gasteiger partial charge in [0, 0.05) is 24.3 Å². The predicted octanol–water partition coefficient (Wildman–Crippen LogP) is 3.23. The van der Waals surface area contributed by atoms with E-state index in [9.17, 15) is 0 Å². The van der Waals surface area contributed by atoms with E-state index in [1.807, 2.05) is 6.20 Å². The molecule has 2 unspecified atom stereocenters. The molecular weight excluding hydrogens is 208 g/mol. The SMILES string of the molecule is C=CN1CC2(CCCC(C)C2)N(C)C/C1=C/C. The van der Waals surface area contributed by atoms with Crippen LogP contribution in [0.1, 0.15) is 39.5 Å². The minimum absolute atomic E-state index is 0.387. The Morgan fingerprint density at radius 1 is 1.47 bits per heavy atom. The van der Waals surface area contributed by atoms with Crippen molar-refractivity contribution in [1.29, 1.82) is 0 Å². The van der Waals surface area contributed by atoms with Gasteiger partial charge in [-0.05, 0) is 38.9 Å². The lowest BCUT2D eigenvalue weighted by Crippen LogP contribution is -2.60.